The van der Waals surface area contributed by atoms with Gasteiger partial charge in [-0.05, 0) is 19.3 Å². The van der Waals surface area contributed by atoms with E-state index in [-0.39, 0.29) is 24.9 Å². The number of carbonyl (C=O) groups excluding carboxylic acids is 2. The van der Waals surface area contributed by atoms with Crippen LogP contribution in [0.5, 0.6) is 0 Å². The predicted octanol–water partition coefficient (Wildman–Crippen LogP) is 2.83. The smallest absolute Gasteiger partial charge is 0.363 e. The van der Waals surface area contributed by atoms with Gasteiger partial charge in [0.25, 0.3) is 0 Å². The van der Waals surface area contributed by atoms with Crippen LogP contribution in [0.1, 0.15) is 54.7 Å². The Balaban J connectivity index is 1.49. The van der Waals surface area contributed by atoms with E-state index < -0.39 is 5.97 Å². The molecule has 26 heavy (non-hydrogen) atoms. The lowest BCUT2D eigenvalue weighted by Gasteiger charge is -2.08. The zero-order chi connectivity index (χ0) is 18.8. The average Bonchev–Trinajstić information content (AvgIpc) is 3.14. The lowest BCUT2D eigenvalue weighted by Crippen LogP contribution is -2.31. The van der Waals surface area contributed by atoms with Gasteiger partial charge in [0.15, 0.2) is 0 Å². The van der Waals surface area contributed by atoms with Crippen LogP contribution in [0.4, 0.5) is 0 Å². The lowest BCUT2D eigenvalue weighted by molar-refractivity contribution is -0.613. The SMILES string of the molecule is Cc1cnc(C(=O)OCCCOC(=O)CCCCC2CCSS2)c[n+]1[O-]. The first-order valence-corrected chi connectivity index (χ1v) is 11.1. The highest BCUT2D eigenvalue weighted by molar-refractivity contribution is 8.77. The van der Waals surface area contributed by atoms with Crippen LogP contribution in [-0.2, 0) is 14.3 Å². The number of rotatable bonds is 10. The molecular weight excluding hydrogens is 376 g/mol. The highest BCUT2D eigenvalue weighted by Crippen LogP contribution is 2.39. The molecule has 1 unspecified atom stereocenters. The summed E-state index contributed by atoms with van der Waals surface area (Å²) in [4.78, 5) is 27.2. The maximum Gasteiger partial charge on any atom is 0.363 e. The van der Waals surface area contributed by atoms with E-state index in [9.17, 15) is 14.8 Å². The molecule has 1 aromatic heterocycles. The van der Waals surface area contributed by atoms with Gasteiger partial charge in [-0.3, -0.25) is 4.79 Å². The molecule has 1 aliphatic rings. The molecular formula is C17H24N2O5S2. The van der Waals surface area contributed by atoms with Crippen LogP contribution in [0.3, 0.4) is 0 Å². The monoisotopic (exact) mass is 400 g/mol. The van der Waals surface area contributed by atoms with Crippen LogP contribution in [0.25, 0.3) is 0 Å². The summed E-state index contributed by atoms with van der Waals surface area (Å²) in [6.45, 7) is 1.91. The number of esters is 2. The molecule has 1 aliphatic heterocycles. The van der Waals surface area contributed by atoms with Gasteiger partial charge in [0, 0.05) is 30.8 Å². The van der Waals surface area contributed by atoms with E-state index in [0.717, 1.165) is 30.7 Å². The fraction of sp³-hybridized carbons (Fsp3) is 0.647. The van der Waals surface area contributed by atoms with Crippen molar-refractivity contribution in [1.29, 1.82) is 0 Å². The normalized spacial score (nSPS) is 16.4. The number of aromatic nitrogens is 2. The van der Waals surface area contributed by atoms with Crippen LogP contribution >= 0.6 is 21.6 Å². The van der Waals surface area contributed by atoms with E-state index in [4.69, 9.17) is 9.47 Å². The first kappa shape index (κ1) is 20.8. The minimum Gasteiger partial charge on any atom is -0.618 e. The standard InChI is InChI=1S/C17H24N2O5S2/c1-13-11-18-15(12-19(13)22)17(21)24-9-4-8-23-16(20)6-3-2-5-14-7-10-25-26-14/h11-12,14H,2-10H2,1H3. The minimum atomic E-state index is -0.663. The van der Waals surface area contributed by atoms with Crippen LogP contribution in [-0.4, -0.2) is 41.1 Å². The van der Waals surface area contributed by atoms with Gasteiger partial charge in [-0.15, -0.1) is 0 Å². The Hall–Kier alpha value is -1.48. The number of unbranched alkanes of at least 4 members (excludes halogenated alkanes) is 1. The molecule has 144 valence electrons. The van der Waals surface area contributed by atoms with Gasteiger partial charge >= 0.3 is 11.9 Å². The van der Waals surface area contributed by atoms with Crippen LogP contribution in [0, 0.1) is 12.1 Å². The molecule has 0 aliphatic carbocycles. The topological polar surface area (TPSA) is 92.4 Å². The Bertz CT molecular complexity index is 609. The number of ether oxygens (including phenoxy) is 2. The maximum absolute atomic E-state index is 11.7. The van der Waals surface area contributed by atoms with Crippen molar-refractivity contribution in [2.75, 3.05) is 19.0 Å². The fourth-order valence-corrected chi connectivity index (χ4v) is 5.36. The number of carbonyl (C=O) groups is 2. The van der Waals surface area contributed by atoms with Crippen molar-refractivity contribution < 1.29 is 23.8 Å². The third-order valence-electron chi connectivity index (χ3n) is 3.86. The zero-order valence-electron chi connectivity index (χ0n) is 14.8. The molecule has 1 fully saturated rings. The molecule has 1 atom stereocenters. The second-order valence-corrected chi connectivity index (χ2v) is 8.81. The van der Waals surface area contributed by atoms with Crippen molar-refractivity contribution in [3.63, 3.8) is 0 Å². The molecule has 0 N–H and O–H groups in total. The van der Waals surface area contributed by atoms with Crippen molar-refractivity contribution in [3.05, 3.63) is 29.0 Å². The van der Waals surface area contributed by atoms with Crippen LogP contribution in [0.15, 0.2) is 12.4 Å². The molecule has 0 spiro atoms. The minimum absolute atomic E-state index is 0.0404. The molecule has 1 aromatic rings. The van der Waals surface area contributed by atoms with Crippen molar-refractivity contribution in [2.45, 2.75) is 50.7 Å². The number of nitrogens with zero attached hydrogens (tertiary/aromatic N) is 2. The molecule has 0 amide bonds. The van der Waals surface area contributed by atoms with Gasteiger partial charge in [-0.2, -0.15) is 4.73 Å². The first-order valence-electron chi connectivity index (χ1n) is 8.73. The van der Waals surface area contributed by atoms with E-state index in [2.05, 4.69) is 4.98 Å². The molecule has 0 bridgehead atoms. The summed E-state index contributed by atoms with van der Waals surface area (Å²) in [5.74, 6) is 0.361. The van der Waals surface area contributed by atoms with Crippen LogP contribution < -0.4 is 4.73 Å². The van der Waals surface area contributed by atoms with Gasteiger partial charge in [-0.25, -0.2) is 9.78 Å². The molecule has 2 rings (SSSR count). The van der Waals surface area contributed by atoms with E-state index in [1.54, 1.807) is 6.92 Å². The van der Waals surface area contributed by atoms with E-state index in [1.165, 1.54) is 18.4 Å². The summed E-state index contributed by atoms with van der Waals surface area (Å²) in [5.41, 5.74) is 0.357. The van der Waals surface area contributed by atoms with E-state index in [1.807, 2.05) is 21.6 Å². The van der Waals surface area contributed by atoms with Gasteiger partial charge in [0.05, 0.1) is 19.4 Å². The van der Waals surface area contributed by atoms with Crippen molar-refractivity contribution >= 4 is 33.5 Å². The second-order valence-electron chi connectivity index (χ2n) is 6.02. The summed E-state index contributed by atoms with van der Waals surface area (Å²) >= 11 is 0. The van der Waals surface area contributed by atoms with E-state index in [0.29, 0.717) is 23.3 Å². The Morgan fingerprint density at radius 2 is 2.12 bits per heavy atom. The van der Waals surface area contributed by atoms with Gasteiger partial charge in [0.2, 0.25) is 17.6 Å². The second kappa shape index (κ2) is 11.3. The molecule has 0 saturated carbocycles. The third kappa shape index (κ3) is 7.41. The van der Waals surface area contributed by atoms with Gasteiger partial charge in [-0.1, -0.05) is 28.0 Å². The first-order chi connectivity index (χ1) is 12.6. The summed E-state index contributed by atoms with van der Waals surface area (Å²) in [5, 5.41) is 12.1. The van der Waals surface area contributed by atoms with Crippen LogP contribution in [0.2, 0.25) is 0 Å². The number of hydrogen-bond donors (Lipinski definition) is 0. The Morgan fingerprint density at radius 1 is 1.31 bits per heavy atom. The quantitative estimate of drug-likeness (QED) is 0.195. The summed E-state index contributed by atoms with van der Waals surface area (Å²) in [6.07, 6.45) is 7.58. The van der Waals surface area contributed by atoms with Crippen molar-refractivity contribution in [1.82, 2.24) is 4.98 Å². The summed E-state index contributed by atoms with van der Waals surface area (Å²) < 4.78 is 10.7. The van der Waals surface area contributed by atoms with Crippen molar-refractivity contribution in [2.24, 2.45) is 0 Å². The maximum atomic E-state index is 11.7. The van der Waals surface area contributed by atoms with E-state index >= 15 is 0 Å². The predicted molar refractivity (Wildman–Crippen MR) is 101 cm³/mol. The Kier molecular flexibility index (Phi) is 9.04. The summed E-state index contributed by atoms with van der Waals surface area (Å²) in [6, 6.07) is 0. The van der Waals surface area contributed by atoms with Gasteiger partial charge < -0.3 is 14.7 Å². The largest absolute Gasteiger partial charge is 0.618 e. The highest BCUT2D eigenvalue weighted by Gasteiger charge is 2.16. The summed E-state index contributed by atoms with van der Waals surface area (Å²) in [7, 11) is 3.89. The number of aryl methyl sites for hydroxylation is 1. The van der Waals surface area contributed by atoms with Gasteiger partial charge in [0.1, 0.15) is 0 Å². The fourth-order valence-electron chi connectivity index (χ4n) is 2.33. The lowest BCUT2D eigenvalue weighted by atomic mass is 10.1. The molecule has 9 heteroatoms. The zero-order valence-corrected chi connectivity index (χ0v) is 16.5. The Labute approximate surface area is 161 Å². The molecule has 2 heterocycles. The molecule has 0 radical (unpaired) electrons. The molecule has 1 saturated heterocycles. The average molecular weight is 401 g/mol. The van der Waals surface area contributed by atoms with Crippen molar-refractivity contribution in [3.8, 4) is 0 Å². The Morgan fingerprint density at radius 3 is 2.85 bits per heavy atom. The molecule has 7 nitrogen and oxygen atoms in total. The molecule has 0 aromatic carbocycles. The highest BCUT2D eigenvalue weighted by atomic mass is 33.1. The number of hydrogen-bond acceptors (Lipinski definition) is 8. The third-order valence-corrected chi connectivity index (χ3v) is 6.86.